The van der Waals surface area contributed by atoms with Gasteiger partial charge in [-0.2, -0.15) is 0 Å². The summed E-state index contributed by atoms with van der Waals surface area (Å²) in [6.45, 7) is 11.8. The van der Waals surface area contributed by atoms with Crippen molar-refractivity contribution in [2.75, 3.05) is 26.2 Å². The summed E-state index contributed by atoms with van der Waals surface area (Å²) in [5, 5.41) is 9.33. The SMILES string of the molecule is CCNC(=NCCNC(=O)C(C)(C)C)NC(C)c1ccc(OCC2CC2)c(F)c1. The zero-order chi connectivity index (χ0) is 21.4. The molecule has 1 atom stereocenters. The number of ether oxygens (including phenoxy) is 1. The fourth-order valence-electron chi connectivity index (χ4n) is 2.61. The summed E-state index contributed by atoms with van der Waals surface area (Å²) in [6.07, 6.45) is 2.35. The molecule has 0 radical (unpaired) electrons. The van der Waals surface area contributed by atoms with E-state index >= 15 is 0 Å². The average Bonchev–Trinajstić information content (AvgIpc) is 3.47. The van der Waals surface area contributed by atoms with E-state index in [0.717, 1.165) is 5.56 Å². The van der Waals surface area contributed by atoms with Crippen molar-refractivity contribution in [3.8, 4) is 5.75 Å². The van der Waals surface area contributed by atoms with E-state index in [1.165, 1.54) is 18.9 Å². The van der Waals surface area contributed by atoms with Crippen LogP contribution in [0.5, 0.6) is 5.75 Å². The lowest BCUT2D eigenvalue weighted by Gasteiger charge is -2.19. The van der Waals surface area contributed by atoms with E-state index in [0.29, 0.717) is 43.9 Å². The van der Waals surface area contributed by atoms with Gasteiger partial charge in [-0.3, -0.25) is 9.79 Å². The van der Waals surface area contributed by atoms with Gasteiger partial charge in [-0.25, -0.2) is 4.39 Å². The van der Waals surface area contributed by atoms with Crippen LogP contribution < -0.4 is 20.7 Å². The molecule has 7 heteroatoms. The van der Waals surface area contributed by atoms with Crippen molar-refractivity contribution in [3.05, 3.63) is 29.6 Å². The summed E-state index contributed by atoms with van der Waals surface area (Å²) < 4.78 is 19.9. The second kappa shape index (κ2) is 10.5. The van der Waals surface area contributed by atoms with Gasteiger partial charge in [-0.05, 0) is 50.3 Å². The van der Waals surface area contributed by atoms with Crippen LogP contribution in [0, 0.1) is 17.2 Å². The number of rotatable bonds is 9. The van der Waals surface area contributed by atoms with E-state index in [9.17, 15) is 9.18 Å². The second-order valence-electron chi connectivity index (χ2n) is 8.58. The number of hydrogen-bond acceptors (Lipinski definition) is 3. The monoisotopic (exact) mass is 406 g/mol. The third-order valence-corrected chi connectivity index (χ3v) is 4.67. The van der Waals surface area contributed by atoms with E-state index in [1.807, 2.05) is 40.7 Å². The first-order chi connectivity index (χ1) is 13.7. The van der Waals surface area contributed by atoms with Gasteiger partial charge in [0.2, 0.25) is 5.91 Å². The molecular formula is C22H35FN4O2. The van der Waals surface area contributed by atoms with Crippen LogP contribution in [-0.4, -0.2) is 38.1 Å². The maximum absolute atomic E-state index is 14.3. The molecule has 1 aliphatic carbocycles. The summed E-state index contributed by atoms with van der Waals surface area (Å²) in [4.78, 5) is 16.4. The summed E-state index contributed by atoms with van der Waals surface area (Å²) >= 11 is 0. The molecule has 3 N–H and O–H groups in total. The molecule has 0 aromatic heterocycles. The Hall–Kier alpha value is -2.31. The largest absolute Gasteiger partial charge is 0.490 e. The van der Waals surface area contributed by atoms with Crippen LogP contribution in [0.15, 0.2) is 23.2 Å². The maximum Gasteiger partial charge on any atom is 0.225 e. The van der Waals surface area contributed by atoms with Crippen molar-refractivity contribution in [2.45, 2.75) is 53.5 Å². The third kappa shape index (κ3) is 7.91. The van der Waals surface area contributed by atoms with E-state index in [4.69, 9.17) is 4.74 Å². The van der Waals surface area contributed by atoms with E-state index in [-0.39, 0.29) is 17.8 Å². The summed E-state index contributed by atoms with van der Waals surface area (Å²) in [7, 11) is 0. The van der Waals surface area contributed by atoms with Crippen LogP contribution in [0.4, 0.5) is 4.39 Å². The number of carbonyl (C=O) groups is 1. The minimum Gasteiger partial charge on any atom is -0.490 e. The average molecular weight is 407 g/mol. The minimum absolute atomic E-state index is 0.00139. The fraction of sp³-hybridized carbons (Fsp3) is 0.636. The predicted octanol–water partition coefficient (Wildman–Crippen LogP) is 3.39. The lowest BCUT2D eigenvalue weighted by Crippen LogP contribution is -2.40. The Morgan fingerprint density at radius 1 is 1.31 bits per heavy atom. The number of nitrogens with zero attached hydrogens (tertiary/aromatic N) is 1. The predicted molar refractivity (Wildman–Crippen MR) is 115 cm³/mol. The highest BCUT2D eigenvalue weighted by molar-refractivity contribution is 5.81. The van der Waals surface area contributed by atoms with Crippen molar-refractivity contribution in [2.24, 2.45) is 16.3 Å². The van der Waals surface area contributed by atoms with E-state index in [1.54, 1.807) is 6.07 Å². The van der Waals surface area contributed by atoms with Crippen molar-refractivity contribution >= 4 is 11.9 Å². The molecule has 1 aromatic carbocycles. The molecule has 0 spiro atoms. The van der Waals surface area contributed by atoms with E-state index in [2.05, 4.69) is 20.9 Å². The minimum atomic E-state index is -0.417. The molecule has 0 saturated heterocycles. The second-order valence-corrected chi connectivity index (χ2v) is 8.58. The molecule has 2 rings (SSSR count). The number of aliphatic imine (C=N–C) groups is 1. The summed E-state index contributed by atoms with van der Waals surface area (Å²) in [5.41, 5.74) is 0.396. The number of hydrogen-bond donors (Lipinski definition) is 3. The van der Waals surface area contributed by atoms with Crippen LogP contribution in [0.3, 0.4) is 0 Å². The van der Waals surface area contributed by atoms with Crippen molar-refractivity contribution < 1.29 is 13.9 Å². The molecule has 1 unspecified atom stereocenters. The van der Waals surface area contributed by atoms with Crippen molar-refractivity contribution in [3.63, 3.8) is 0 Å². The highest BCUT2D eigenvalue weighted by atomic mass is 19.1. The van der Waals surface area contributed by atoms with Gasteiger partial charge >= 0.3 is 0 Å². The number of benzene rings is 1. The summed E-state index contributed by atoms with van der Waals surface area (Å²) in [5.74, 6) is 1.17. The first kappa shape index (κ1) is 23.0. The van der Waals surface area contributed by atoms with Gasteiger partial charge < -0.3 is 20.7 Å². The Balaban J connectivity index is 1.89. The summed E-state index contributed by atoms with van der Waals surface area (Å²) in [6, 6.07) is 4.93. The molecule has 1 aromatic rings. The Morgan fingerprint density at radius 3 is 2.62 bits per heavy atom. The lowest BCUT2D eigenvalue weighted by molar-refractivity contribution is -0.128. The molecule has 0 bridgehead atoms. The fourth-order valence-corrected chi connectivity index (χ4v) is 2.61. The Morgan fingerprint density at radius 2 is 2.03 bits per heavy atom. The molecule has 162 valence electrons. The number of halogens is 1. The number of amides is 1. The first-order valence-electron chi connectivity index (χ1n) is 10.5. The Bertz CT molecular complexity index is 711. The van der Waals surface area contributed by atoms with Gasteiger partial charge in [0.1, 0.15) is 0 Å². The van der Waals surface area contributed by atoms with E-state index < -0.39 is 5.41 Å². The molecule has 0 aliphatic heterocycles. The molecule has 29 heavy (non-hydrogen) atoms. The third-order valence-electron chi connectivity index (χ3n) is 4.67. The molecule has 1 amide bonds. The Labute approximate surface area is 173 Å². The highest BCUT2D eigenvalue weighted by Crippen LogP contribution is 2.30. The zero-order valence-corrected chi connectivity index (χ0v) is 18.3. The van der Waals surface area contributed by atoms with Crippen LogP contribution in [0.25, 0.3) is 0 Å². The molecular weight excluding hydrogens is 371 g/mol. The van der Waals surface area contributed by atoms with Gasteiger partial charge in [0.05, 0.1) is 19.2 Å². The first-order valence-corrected chi connectivity index (χ1v) is 10.5. The molecule has 0 heterocycles. The zero-order valence-electron chi connectivity index (χ0n) is 18.3. The highest BCUT2D eigenvalue weighted by Gasteiger charge is 2.23. The smallest absolute Gasteiger partial charge is 0.225 e. The van der Waals surface area contributed by atoms with Crippen molar-refractivity contribution in [1.29, 1.82) is 0 Å². The van der Waals surface area contributed by atoms with Gasteiger partial charge in [0.25, 0.3) is 0 Å². The number of guanidine groups is 1. The molecule has 1 fully saturated rings. The van der Waals surface area contributed by atoms with Crippen LogP contribution >= 0.6 is 0 Å². The topological polar surface area (TPSA) is 74.8 Å². The van der Waals surface area contributed by atoms with Crippen LogP contribution in [0.1, 0.15) is 59.1 Å². The van der Waals surface area contributed by atoms with Gasteiger partial charge in [0.15, 0.2) is 17.5 Å². The normalized spacial score (nSPS) is 15.6. The molecule has 6 nitrogen and oxygen atoms in total. The van der Waals surface area contributed by atoms with Crippen molar-refractivity contribution in [1.82, 2.24) is 16.0 Å². The van der Waals surface area contributed by atoms with Crippen LogP contribution in [-0.2, 0) is 4.79 Å². The number of carbonyl (C=O) groups excluding carboxylic acids is 1. The van der Waals surface area contributed by atoms with Gasteiger partial charge in [0, 0.05) is 18.5 Å². The standard InChI is InChI=1S/C22H35FN4O2/c1-6-24-21(26-12-11-25-20(28)22(3,4)5)27-15(2)17-9-10-19(18(23)13-17)29-14-16-7-8-16/h9-10,13,15-16H,6-8,11-12,14H2,1-5H3,(H,25,28)(H2,24,26,27). The van der Waals surface area contributed by atoms with Gasteiger partial charge in [-0.1, -0.05) is 26.8 Å². The van der Waals surface area contributed by atoms with Gasteiger partial charge in [-0.15, -0.1) is 0 Å². The van der Waals surface area contributed by atoms with Crippen LogP contribution in [0.2, 0.25) is 0 Å². The molecule has 1 saturated carbocycles. The molecule has 1 aliphatic rings. The number of nitrogens with one attached hydrogen (secondary N) is 3. The Kier molecular flexibility index (Phi) is 8.29. The quantitative estimate of drug-likeness (QED) is 0.334. The maximum atomic E-state index is 14.3. The lowest BCUT2D eigenvalue weighted by atomic mass is 9.96.